The van der Waals surface area contributed by atoms with Gasteiger partial charge < -0.3 is 19.3 Å². The van der Waals surface area contributed by atoms with E-state index in [0.717, 1.165) is 31.9 Å². The van der Waals surface area contributed by atoms with E-state index < -0.39 is 0 Å². The molecular formula is C14H17ClN4O2. The minimum atomic E-state index is 0.414. The molecule has 0 atom stereocenters. The van der Waals surface area contributed by atoms with Crippen LogP contribution in [0.4, 0.5) is 11.5 Å². The quantitative estimate of drug-likeness (QED) is 0.767. The number of hydrogen-bond donors (Lipinski definition) is 0. The number of halogens is 1. The van der Waals surface area contributed by atoms with Crippen LogP contribution >= 0.6 is 11.6 Å². The molecule has 0 spiro atoms. The highest BCUT2D eigenvalue weighted by molar-refractivity contribution is 6.29. The summed E-state index contributed by atoms with van der Waals surface area (Å²) in [5.74, 6) is 0.662. The van der Waals surface area contributed by atoms with Crippen LogP contribution in [-0.4, -0.2) is 57.6 Å². The van der Waals surface area contributed by atoms with Crippen LogP contribution in [0.25, 0.3) is 0 Å². The summed E-state index contributed by atoms with van der Waals surface area (Å²) >= 11 is 6.18. The minimum absolute atomic E-state index is 0.414. The Morgan fingerprint density at radius 1 is 1.05 bits per heavy atom. The fourth-order valence-electron chi connectivity index (χ4n) is 2.65. The van der Waals surface area contributed by atoms with E-state index in [1.807, 2.05) is 0 Å². The summed E-state index contributed by atoms with van der Waals surface area (Å²) in [5, 5.41) is 10.0. The lowest BCUT2D eigenvalue weighted by molar-refractivity contribution is 0.122. The van der Waals surface area contributed by atoms with Gasteiger partial charge in [-0.1, -0.05) is 11.6 Å². The van der Waals surface area contributed by atoms with Gasteiger partial charge in [-0.2, -0.15) is 5.26 Å². The Labute approximate surface area is 128 Å². The van der Waals surface area contributed by atoms with E-state index in [2.05, 4.69) is 20.9 Å². The summed E-state index contributed by atoms with van der Waals surface area (Å²) in [6.45, 7) is 5.59. The Morgan fingerprint density at radius 3 is 2.19 bits per heavy atom. The summed E-state index contributed by atoms with van der Waals surface area (Å²) in [6.07, 6.45) is 0. The molecule has 1 aromatic rings. The lowest BCUT2D eigenvalue weighted by Gasteiger charge is -2.33. The second-order valence-corrected chi connectivity index (χ2v) is 5.36. The molecule has 7 heteroatoms. The summed E-state index contributed by atoms with van der Waals surface area (Å²) in [5.41, 5.74) is 1.44. The molecule has 0 saturated carbocycles. The zero-order valence-electron chi connectivity index (χ0n) is 11.7. The smallest absolute Gasteiger partial charge is 0.150 e. The molecule has 2 aliphatic heterocycles. The van der Waals surface area contributed by atoms with Gasteiger partial charge in [-0.3, -0.25) is 0 Å². The maximum atomic E-state index is 9.60. The molecule has 1 aromatic heterocycles. The molecule has 0 unspecified atom stereocenters. The number of hydrogen-bond acceptors (Lipinski definition) is 6. The number of morpholine rings is 2. The zero-order chi connectivity index (χ0) is 14.7. The lowest BCUT2D eigenvalue weighted by atomic mass is 10.1. The third-order valence-corrected chi connectivity index (χ3v) is 3.92. The van der Waals surface area contributed by atoms with Crippen LogP contribution in [0.3, 0.4) is 0 Å². The van der Waals surface area contributed by atoms with Gasteiger partial charge >= 0.3 is 0 Å². The fraction of sp³-hybridized carbons (Fsp3) is 0.571. The molecule has 2 aliphatic rings. The van der Waals surface area contributed by atoms with Crippen molar-refractivity contribution in [2.75, 3.05) is 62.4 Å². The van der Waals surface area contributed by atoms with Crippen molar-refractivity contribution in [2.45, 2.75) is 0 Å². The van der Waals surface area contributed by atoms with Gasteiger partial charge in [0, 0.05) is 32.2 Å². The monoisotopic (exact) mass is 308 g/mol. The highest BCUT2D eigenvalue weighted by Gasteiger charge is 2.23. The Balaban J connectivity index is 1.99. The van der Waals surface area contributed by atoms with Gasteiger partial charge in [-0.05, 0) is 0 Å². The average molecular weight is 309 g/mol. The molecule has 2 saturated heterocycles. The summed E-state index contributed by atoms with van der Waals surface area (Å²) < 4.78 is 10.7. The number of anilines is 2. The number of pyridine rings is 1. The first-order valence-electron chi connectivity index (χ1n) is 7.05. The Hall–Kier alpha value is -1.55. The van der Waals surface area contributed by atoms with E-state index in [1.165, 1.54) is 0 Å². The van der Waals surface area contributed by atoms with Gasteiger partial charge in [0.25, 0.3) is 0 Å². The van der Waals surface area contributed by atoms with Crippen LogP contribution in [0.1, 0.15) is 5.56 Å². The molecule has 0 aliphatic carbocycles. The summed E-state index contributed by atoms with van der Waals surface area (Å²) in [6, 6.07) is 4.07. The van der Waals surface area contributed by atoms with Gasteiger partial charge in [0.15, 0.2) is 5.82 Å². The third kappa shape index (κ3) is 3.05. The first kappa shape index (κ1) is 14.4. The topological polar surface area (TPSA) is 61.6 Å². The second-order valence-electron chi connectivity index (χ2n) is 4.97. The number of ether oxygens (including phenoxy) is 2. The van der Waals surface area contributed by atoms with E-state index in [9.17, 15) is 5.26 Å². The maximum Gasteiger partial charge on any atom is 0.150 e. The van der Waals surface area contributed by atoms with Gasteiger partial charge in [0.2, 0.25) is 0 Å². The summed E-state index contributed by atoms with van der Waals surface area (Å²) in [7, 11) is 0. The number of nitrogens with zero attached hydrogens (tertiary/aromatic N) is 4. The molecule has 6 nitrogen and oxygen atoms in total. The Morgan fingerprint density at radius 2 is 1.62 bits per heavy atom. The van der Waals surface area contributed by atoms with Crippen molar-refractivity contribution in [3.63, 3.8) is 0 Å². The number of rotatable bonds is 2. The molecule has 0 radical (unpaired) electrons. The normalized spacial score (nSPS) is 19.4. The molecule has 3 heterocycles. The highest BCUT2D eigenvalue weighted by atomic mass is 35.5. The molecule has 21 heavy (non-hydrogen) atoms. The van der Waals surface area contributed by atoms with Gasteiger partial charge in [-0.25, -0.2) is 4.98 Å². The largest absolute Gasteiger partial charge is 0.378 e. The van der Waals surface area contributed by atoms with Crippen LogP contribution in [0.2, 0.25) is 5.15 Å². The van der Waals surface area contributed by atoms with E-state index in [0.29, 0.717) is 43.0 Å². The predicted molar refractivity (Wildman–Crippen MR) is 80.0 cm³/mol. The van der Waals surface area contributed by atoms with Crippen molar-refractivity contribution in [3.05, 3.63) is 16.8 Å². The molecule has 0 amide bonds. The summed E-state index contributed by atoms with van der Waals surface area (Å²) in [4.78, 5) is 8.58. The van der Waals surface area contributed by atoms with E-state index in [1.54, 1.807) is 6.07 Å². The van der Waals surface area contributed by atoms with Crippen LogP contribution in [0, 0.1) is 11.3 Å². The number of nitriles is 1. The molecule has 0 bridgehead atoms. The highest BCUT2D eigenvalue weighted by Crippen LogP contribution is 2.31. The maximum absolute atomic E-state index is 9.60. The molecule has 112 valence electrons. The second kappa shape index (κ2) is 6.48. The number of aromatic nitrogens is 1. The van der Waals surface area contributed by atoms with Crippen LogP contribution in [-0.2, 0) is 9.47 Å². The van der Waals surface area contributed by atoms with Crippen LogP contribution < -0.4 is 9.80 Å². The van der Waals surface area contributed by atoms with Crippen molar-refractivity contribution in [1.82, 2.24) is 4.98 Å². The molecule has 3 rings (SSSR count). The fourth-order valence-corrected chi connectivity index (χ4v) is 2.84. The van der Waals surface area contributed by atoms with Crippen LogP contribution in [0.5, 0.6) is 0 Å². The Kier molecular flexibility index (Phi) is 4.44. The molecule has 2 fully saturated rings. The molecular weight excluding hydrogens is 292 g/mol. The van der Waals surface area contributed by atoms with E-state index in [4.69, 9.17) is 21.1 Å². The van der Waals surface area contributed by atoms with E-state index >= 15 is 0 Å². The Bertz CT molecular complexity index is 509. The molecule has 0 N–H and O–H groups in total. The van der Waals surface area contributed by atoms with Crippen molar-refractivity contribution >= 4 is 23.1 Å². The van der Waals surface area contributed by atoms with E-state index in [-0.39, 0.29) is 0 Å². The molecule has 0 aromatic carbocycles. The van der Waals surface area contributed by atoms with Gasteiger partial charge in [-0.15, -0.1) is 0 Å². The first-order valence-corrected chi connectivity index (χ1v) is 7.43. The first-order chi connectivity index (χ1) is 10.3. The third-order valence-electron chi connectivity index (χ3n) is 3.72. The SMILES string of the molecule is N#Cc1c(N2CCOCC2)cc(Cl)nc1N1CCOCC1. The van der Waals surface area contributed by atoms with Crippen molar-refractivity contribution in [2.24, 2.45) is 0 Å². The minimum Gasteiger partial charge on any atom is -0.378 e. The van der Waals surface area contributed by atoms with Gasteiger partial charge in [0.05, 0.1) is 32.1 Å². The predicted octanol–water partition coefficient (Wildman–Crippen LogP) is 1.28. The van der Waals surface area contributed by atoms with Crippen molar-refractivity contribution < 1.29 is 9.47 Å². The van der Waals surface area contributed by atoms with Crippen LogP contribution in [0.15, 0.2) is 6.07 Å². The standard InChI is InChI=1S/C14H17ClN4O2/c15-13-9-12(18-1-5-20-6-2-18)11(10-16)14(17-13)19-3-7-21-8-4-19/h9H,1-8H2. The average Bonchev–Trinajstić information content (AvgIpc) is 2.55. The zero-order valence-corrected chi connectivity index (χ0v) is 12.5. The van der Waals surface area contributed by atoms with Gasteiger partial charge in [0.1, 0.15) is 16.8 Å². The van der Waals surface area contributed by atoms with Crippen molar-refractivity contribution in [1.29, 1.82) is 5.26 Å². The lowest BCUT2D eigenvalue weighted by Crippen LogP contribution is -2.39. The van der Waals surface area contributed by atoms with Crippen molar-refractivity contribution in [3.8, 4) is 6.07 Å².